The van der Waals surface area contributed by atoms with Crippen molar-refractivity contribution in [3.05, 3.63) is 0 Å². The minimum absolute atomic E-state index is 0.275. The Hall–Kier alpha value is 0.270. The zero-order valence-electron chi connectivity index (χ0n) is 11.0. The molecule has 1 aliphatic carbocycles. The van der Waals surface area contributed by atoms with E-state index in [1.165, 1.54) is 25.7 Å². The monoisotopic (exact) mass is 245 g/mol. The van der Waals surface area contributed by atoms with Gasteiger partial charge in [-0.2, -0.15) is 11.8 Å². The first-order chi connectivity index (χ1) is 7.57. The van der Waals surface area contributed by atoms with Crippen molar-refractivity contribution in [2.45, 2.75) is 58.0 Å². The summed E-state index contributed by atoms with van der Waals surface area (Å²) in [5.74, 6) is 1.13. The first-order valence-electron chi connectivity index (χ1n) is 6.43. The average molecular weight is 245 g/mol. The molecule has 1 fully saturated rings. The van der Waals surface area contributed by atoms with Crippen molar-refractivity contribution in [2.75, 3.05) is 18.6 Å². The summed E-state index contributed by atoms with van der Waals surface area (Å²) in [6, 6.07) is 0.911. The van der Waals surface area contributed by atoms with E-state index in [1.54, 1.807) is 0 Å². The molecule has 1 aliphatic rings. The van der Waals surface area contributed by atoms with Gasteiger partial charge in [0.25, 0.3) is 0 Å². The number of hydrogen-bond acceptors (Lipinski definition) is 3. The molecule has 16 heavy (non-hydrogen) atoms. The second-order valence-electron chi connectivity index (χ2n) is 5.79. The van der Waals surface area contributed by atoms with E-state index in [9.17, 15) is 5.11 Å². The Labute approximate surface area is 105 Å². The van der Waals surface area contributed by atoms with Gasteiger partial charge in [-0.3, -0.25) is 0 Å². The van der Waals surface area contributed by atoms with Gasteiger partial charge in [0, 0.05) is 12.1 Å². The van der Waals surface area contributed by atoms with Crippen molar-refractivity contribution in [2.24, 2.45) is 5.41 Å². The molecule has 2 N–H and O–H groups in total. The SMILES string of the molecule is CSCCC(CO)NC1CCCC(C)(C)C1. The van der Waals surface area contributed by atoms with E-state index in [0.717, 1.165) is 12.2 Å². The van der Waals surface area contributed by atoms with Crippen LogP contribution in [0.25, 0.3) is 0 Å². The maximum atomic E-state index is 9.34. The van der Waals surface area contributed by atoms with Gasteiger partial charge in [-0.25, -0.2) is 0 Å². The first-order valence-corrected chi connectivity index (χ1v) is 7.82. The van der Waals surface area contributed by atoms with Crippen molar-refractivity contribution in [3.8, 4) is 0 Å². The molecule has 96 valence electrons. The van der Waals surface area contributed by atoms with Crippen molar-refractivity contribution >= 4 is 11.8 Å². The molecule has 1 saturated carbocycles. The van der Waals surface area contributed by atoms with Crippen molar-refractivity contribution in [1.29, 1.82) is 0 Å². The van der Waals surface area contributed by atoms with Crippen molar-refractivity contribution in [1.82, 2.24) is 5.32 Å². The third kappa shape index (κ3) is 5.07. The highest BCUT2D eigenvalue weighted by molar-refractivity contribution is 7.98. The normalized spacial score (nSPS) is 26.6. The van der Waals surface area contributed by atoms with Crippen LogP contribution in [0.15, 0.2) is 0 Å². The Morgan fingerprint density at radius 1 is 1.50 bits per heavy atom. The standard InChI is InChI=1S/C13H27NOS/c1-13(2)7-4-5-11(9-13)14-12(10-15)6-8-16-3/h11-12,14-15H,4-10H2,1-3H3. The van der Waals surface area contributed by atoms with Gasteiger partial charge < -0.3 is 10.4 Å². The van der Waals surface area contributed by atoms with Crippen LogP contribution in [0.1, 0.15) is 46.0 Å². The highest BCUT2D eigenvalue weighted by atomic mass is 32.2. The smallest absolute Gasteiger partial charge is 0.0585 e. The van der Waals surface area contributed by atoms with E-state index in [4.69, 9.17) is 0 Å². The molecule has 0 radical (unpaired) electrons. The average Bonchev–Trinajstić information content (AvgIpc) is 2.22. The summed E-state index contributed by atoms with van der Waals surface area (Å²) in [6.45, 7) is 4.99. The van der Waals surface area contributed by atoms with Crippen LogP contribution in [0.3, 0.4) is 0 Å². The van der Waals surface area contributed by atoms with Crippen LogP contribution < -0.4 is 5.32 Å². The van der Waals surface area contributed by atoms with E-state index in [0.29, 0.717) is 17.5 Å². The zero-order chi connectivity index (χ0) is 12.0. The van der Waals surface area contributed by atoms with Gasteiger partial charge in [0.1, 0.15) is 0 Å². The molecule has 2 nitrogen and oxygen atoms in total. The predicted octanol–water partition coefficient (Wildman–Crippen LogP) is 2.66. The molecule has 3 heteroatoms. The van der Waals surface area contributed by atoms with Crippen molar-refractivity contribution < 1.29 is 5.11 Å². The lowest BCUT2D eigenvalue weighted by atomic mass is 9.75. The summed E-state index contributed by atoms with van der Waals surface area (Å²) < 4.78 is 0. The lowest BCUT2D eigenvalue weighted by Crippen LogP contribution is -2.44. The van der Waals surface area contributed by atoms with Gasteiger partial charge in [0.15, 0.2) is 0 Å². The van der Waals surface area contributed by atoms with Crippen LogP contribution in [-0.2, 0) is 0 Å². The number of hydrogen-bond donors (Lipinski definition) is 2. The van der Waals surface area contributed by atoms with E-state index in [-0.39, 0.29) is 6.61 Å². The van der Waals surface area contributed by atoms with Crippen LogP contribution in [-0.4, -0.2) is 35.8 Å². The van der Waals surface area contributed by atoms with Crippen molar-refractivity contribution in [3.63, 3.8) is 0 Å². The fourth-order valence-corrected chi connectivity index (χ4v) is 3.18. The Morgan fingerprint density at radius 2 is 2.25 bits per heavy atom. The summed E-state index contributed by atoms with van der Waals surface area (Å²) in [7, 11) is 0. The highest BCUT2D eigenvalue weighted by Crippen LogP contribution is 2.35. The van der Waals surface area contributed by atoms with Crippen LogP contribution in [0, 0.1) is 5.41 Å². The molecule has 0 aromatic heterocycles. The number of aliphatic hydroxyl groups excluding tert-OH is 1. The Kier molecular flexibility index (Phi) is 6.16. The number of rotatable bonds is 6. The second-order valence-corrected chi connectivity index (χ2v) is 6.77. The molecule has 0 aliphatic heterocycles. The van der Waals surface area contributed by atoms with Crippen LogP contribution >= 0.6 is 11.8 Å². The molecule has 0 heterocycles. The van der Waals surface area contributed by atoms with Gasteiger partial charge in [-0.15, -0.1) is 0 Å². The lowest BCUT2D eigenvalue weighted by Gasteiger charge is -2.37. The Balaban J connectivity index is 2.33. The quantitative estimate of drug-likeness (QED) is 0.754. The van der Waals surface area contributed by atoms with Crippen LogP contribution in [0.2, 0.25) is 0 Å². The molecule has 0 aromatic carbocycles. The fourth-order valence-electron chi connectivity index (χ4n) is 2.66. The Morgan fingerprint density at radius 3 is 2.81 bits per heavy atom. The zero-order valence-corrected chi connectivity index (χ0v) is 11.8. The van der Waals surface area contributed by atoms with E-state index in [2.05, 4.69) is 25.4 Å². The topological polar surface area (TPSA) is 32.3 Å². The second kappa shape index (κ2) is 6.87. The molecule has 2 unspecified atom stereocenters. The summed E-state index contributed by atoms with van der Waals surface area (Å²) in [5, 5.41) is 13.0. The number of nitrogens with one attached hydrogen (secondary N) is 1. The van der Waals surface area contributed by atoms with Gasteiger partial charge >= 0.3 is 0 Å². The number of aliphatic hydroxyl groups is 1. The molecule has 0 amide bonds. The predicted molar refractivity (Wildman–Crippen MR) is 73.0 cm³/mol. The van der Waals surface area contributed by atoms with Gasteiger partial charge in [-0.05, 0) is 43.1 Å². The molecular formula is C13H27NOS. The van der Waals surface area contributed by atoms with E-state index in [1.807, 2.05) is 11.8 Å². The molecule has 0 aromatic rings. The molecule has 0 bridgehead atoms. The minimum atomic E-state index is 0.275. The number of thioether (sulfide) groups is 1. The van der Waals surface area contributed by atoms with Crippen LogP contribution in [0.4, 0.5) is 0 Å². The van der Waals surface area contributed by atoms with E-state index < -0.39 is 0 Å². The summed E-state index contributed by atoms with van der Waals surface area (Å²) in [4.78, 5) is 0. The summed E-state index contributed by atoms with van der Waals surface area (Å²) in [5.41, 5.74) is 0.482. The third-order valence-electron chi connectivity index (χ3n) is 3.57. The molecule has 2 atom stereocenters. The minimum Gasteiger partial charge on any atom is -0.395 e. The highest BCUT2D eigenvalue weighted by Gasteiger charge is 2.28. The fraction of sp³-hybridized carbons (Fsp3) is 1.00. The van der Waals surface area contributed by atoms with Gasteiger partial charge in [-0.1, -0.05) is 20.3 Å². The summed E-state index contributed by atoms with van der Waals surface area (Å²) in [6.07, 6.45) is 8.40. The lowest BCUT2D eigenvalue weighted by molar-refractivity contribution is 0.165. The molecule has 1 rings (SSSR count). The molecular weight excluding hydrogens is 218 g/mol. The molecule has 0 saturated heterocycles. The summed E-state index contributed by atoms with van der Waals surface area (Å²) >= 11 is 1.86. The Bertz CT molecular complexity index is 196. The third-order valence-corrected chi connectivity index (χ3v) is 4.21. The molecule has 0 spiro atoms. The van der Waals surface area contributed by atoms with Gasteiger partial charge in [0.2, 0.25) is 0 Å². The first kappa shape index (κ1) is 14.3. The van der Waals surface area contributed by atoms with Crippen LogP contribution in [0.5, 0.6) is 0 Å². The van der Waals surface area contributed by atoms with E-state index >= 15 is 0 Å². The largest absolute Gasteiger partial charge is 0.395 e. The maximum absolute atomic E-state index is 9.34. The van der Waals surface area contributed by atoms with Gasteiger partial charge in [0.05, 0.1) is 6.61 Å². The maximum Gasteiger partial charge on any atom is 0.0585 e.